The van der Waals surface area contributed by atoms with Crippen LogP contribution in [-0.2, 0) is 6.42 Å². The summed E-state index contributed by atoms with van der Waals surface area (Å²) >= 11 is 1.79. The summed E-state index contributed by atoms with van der Waals surface area (Å²) in [4.78, 5) is 0. The molecule has 1 fully saturated rings. The van der Waals surface area contributed by atoms with Gasteiger partial charge in [0.1, 0.15) is 5.50 Å². The molecule has 2 rings (SSSR count). The van der Waals surface area contributed by atoms with E-state index in [1.54, 1.807) is 11.8 Å². The molecule has 1 heterocycles. The molecule has 1 aliphatic heterocycles. The lowest BCUT2D eigenvalue weighted by Crippen LogP contribution is -2.39. The Bertz CT molecular complexity index is 304. The predicted octanol–water partition coefficient (Wildman–Crippen LogP) is 1.37. The molecule has 1 saturated heterocycles. The Morgan fingerprint density at radius 1 is 1.40 bits per heavy atom. The standard InChI is InChI=1S/C11H17N3S/c1-14-10(15-11(12)13-14)8-7-9-5-3-2-4-6-9/h2-6,10-11,13H,7-8,12H2,1H3. The van der Waals surface area contributed by atoms with Crippen LogP contribution in [-0.4, -0.2) is 22.9 Å². The average Bonchev–Trinajstić information content (AvgIpc) is 2.56. The van der Waals surface area contributed by atoms with E-state index in [9.17, 15) is 0 Å². The summed E-state index contributed by atoms with van der Waals surface area (Å²) < 4.78 is 0. The third kappa shape index (κ3) is 2.95. The molecule has 0 spiro atoms. The number of nitrogens with two attached hydrogens (primary N) is 1. The van der Waals surface area contributed by atoms with E-state index in [4.69, 9.17) is 5.73 Å². The van der Waals surface area contributed by atoms with E-state index in [1.807, 2.05) is 0 Å². The molecule has 3 nitrogen and oxygen atoms in total. The van der Waals surface area contributed by atoms with Gasteiger partial charge in [-0.05, 0) is 18.4 Å². The summed E-state index contributed by atoms with van der Waals surface area (Å²) in [6.07, 6.45) is 2.24. The zero-order chi connectivity index (χ0) is 10.7. The quantitative estimate of drug-likeness (QED) is 0.812. The van der Waals surface area contributed by atoms with Crippen molar-refractivity contribution in [2.75, 3.05) is 7.05 Å². The maximum atomic E-state index is 5.79. The molecule has 0 aromatic heterocycles. The second-order valence-electron chi connectivity index (χ2n) is 3.78. The van der Waals surface area contributed by atoms with Crippen LogP contribution in [0.5, 0.6) is 0 Å². The van der Waals surface area contributed by atoms with Crippen LogP contribution in [0.1, 0.15) is 12.0 Å². The summed E-state index contributed by atoms with van der Waals surface area (Å²) in [5, 5.41) is 2.60. The van der Waals surface area contributed by atoms with E-state index in [1.165, 1.54) is 5.56 Å². The first-order chi connectivity index (χ1) is 7.25. The van der Waals surface area contributed by atoms with Crippen LogP contribution in [0.15, 0.2) is 30.3 Å². The second-order valence-corrected chi connectivity index (χ2v) is 5.10. The number of hydrogen-bond donors (Lipinski definition) is 2. The Hall–Kier alpha value is -0.550. The van der Waals surface area contributed by atoms with E-state index in [2.05, 4.69) is 47.8 Å². The number of thioether (sulfide) groups is 1. The number of nitrogens with one attached hydrogen (secondary N) is 1. The van der Waals surface area contributed by atoms with Gasteiger partial charge >= 0.3 is 0 Å². The number of aryl methyl sites for hydroxylation is 1. The topological polar surface area (TPSA) is 41.3 Å². The van der Waals surface area contributed by atoms with Crippen molar-refractivity contribution in [3.8, 4) is 0 Å². The number of hydrogen-bond acceptors (Lipinski definition) is 4. The molecule has 2 atom stereocenters. The van der Waals surface area contributed by atoms with Crippen molar-refractivity contribution >= 4 is 11.8 Å². The molecule has 1 aromatic carbocycles. The zero-order valence-electron chi connectivity index (χ0n) is 8.89. The minimum atomic E-state index is 0.0516. The van der Waals surface area contributed by atoms with Gasteiger partial charge in [-0.15, -0.1) is 11.8 Å². The van der Waals surface area contributed by atoms with Gasteiger partial charge in [0.05, 0.1) is 5.37 Å². The molecule has 0 bridgehead atoms. The predicted molar refractivity (Wildman–Crippen MR) is 65.0 cm³/mol. The minimum Gasteiger partial charge on any atom is -0.306 e. The molecule has 0 saturated carbocycles. The summed E-state index contributed by atoms with van der Waals surface area (Å²) in [5.74, 6) is 0. The van der Waals surface area contributed by atoms with Gasteiger partial charge in [0.2, 0.25) is 0 Å². The zero-order valence-corrected chi connectivity index (χ0v) is 9.70. The SMILES string of the molecule is CN1NC(N)SC1CCc1ccccc1. The van der Waals surface area contributed by atoms with Gasteiger partial charge < -0.3 is 5.73 Å². The largest absolute Gasteiger partial charge is 0.306 e. The normalized spacial score (nSPS) is 27.1. The first-order valence-corrected chi connectivity index (χ1v) is 6.14. The van der Waals surface area contributed by atoms with E-state index >= 15 is 0 Å². The van der Waals surface area contributed by atoms with Gasteiger partial charge in [-0.25, -0.2) is 10.4 Å². The Balaban J connectivity index is 1.84. The van der Waals surface area contributed by atoms with Crippen molar-refractivity contribution < 1.29 is 0 Å². The first-order valence-electron chi connectivity index (χ1n) is 5.19. The molecule has 2 unspecified atom stereocenters. The summed E-state index contributed by atoms with van der Waals surface area (Å²) in [6, 6.07) is 10.6. The van der Waals surface area contributed by atoms with Gasteiger partial charge in [-0.1, -0.05) is 30.3 Å². The summed E-state index contributed by atoms with van der Waals surface area (Å²) in [6.45, 7) is 0. The first kappa shape index (κ1) is 11.0. The molecule has 82 valence electrons. The van der Waals surface area contributed by atoms with Crippen LogP contribution in [0, 0.1) is 0 Å². The lowest BCUT2D eigenvalue weighted by molar-refractivity contribution is 0.230. The third-order valence-electron chi connectivity index (χ3n) is 2.59. The van der Waals surface area contributed by atoms with Crippen molar-refractivity contribution in [3.63, 3.8) is 0 Å². The molecule has 3 N–H and O–H groups in total. The molecule has 0 amide bonds. The highest BCUT2D eigenvalue weighted by atomic mass is 32.2. The summed E-state index contributed by atoms with van der Waals surface area (Å²) in [7, 11) is 2.05. The van der Waals surface area contributed by atoms with Crippen LogP contribution in [0.4, 0.5) is 0 Å². The molecule has 0 aliphatic carbocycles. The van der Waals surface area contributed by atoms with E-state index < -0.39 is 0 Å². The Morgan fingerprint density at radius 2 is 2.13 bits per heavy atom. The highest BCUT2D eigenvalue weighted by molar-refractivity contribution is 8.00. The Labute approximate surface area is 95.0 Å². The monoisotopic (exact) mass is 223 g/mol. The number of nitrogens with zero attached hydrogens (tertiary/aromatic N) is 1. The van der Waals surface area contributed by atoms with E-state index in [0.29, 0.717) is 5.37 Å². The lowest BCUT2D eigenvalue weighted by atomic mass is 10.1. The maximum absolute atomic E-state index is 5.79. The summed E-state index contributed by atoms with van der Waals surface area (Å²) in [5.41, 5.74) is 10.4. The van der Waals surface area contributed by atoms with Crippen LogP contribution < -0.4 is 11.2 Å². The molecule has 1 aromatic rings. The number of benzene rings is 1. The van der Waals surface area contributed by atoms with E-state index in [0.717, 1.165) is 12.8 Å². The fourth-order valence-corrected chi connectivity index (χ4v) is 2.83. The Kier molecular flexibility index (Phi) is 3.64. The fraction of sp³-hybridized carbons (Fsp3) is 0.455. The molecule has 1 aliphatic rings. The molecule has 0 radical (unpaired) electrons. The van der Waals surface area contributed by atoms with E-state index in [-0.39, 0.29) is 5.50 Å². The second kappa shape index (κ2) is 4.99. The lowest BCUT2D eigenvalue weighted by Gasteiger charge is -2.17. The average molecular weight is 223 g/mol. The van der Waals surface area contributed by atoms with Crippen molar-refractivity contribution in [1.29, 1.82) is 0 Å². The number of hydrazine groups is 1. The van der Waals surface area contributed by atoms with Gasteiger partial charge in [-0.2, -0.15) is 0 Å². The third-order valence-corrected chi connectivity index (χ3v) is 3.85. The van der Waals surface area contributed by atoms with Crippen molar-refractivity contribution in [2.45, 2.75) is 23.7 Å². The molecule has 4 heteroatoms. The van der Waals surface area contributed by atoms with Crippen molar-refractivity contribution in [1.82, 2.24) is 10.4 Å². The van der Waals surface area contributed by atoms with Crippen LogP contribution >= 0.6 is 11.8 Å². The van der Waals surface area contributed by atoms with Gasteiger partial charge in [0.25, 0.3) is 0 Å². The molecule has 15 heavy (non-hydrogen) atoms. The van der Waals surface area contributed by atoms with Crippen LogP contribution in [0.2, 0.25) is 0 Å². The maximum Gasteiger partial charge on any atom is 0.117 e. The van der Waals surface area contributed by atoms with Crippen molar-refractivity contribution in [3.05, 3.63) is 35.9 Å². The highest BCUT2D eigenvalue weighted by Crippen LogP contribution is 2.25. The van der Waals surface area contributed by atoms with Gasteiger partial charge in [0, 0.05) is 7.05 Å². The van der Waals surface area contributed by atoms with Crippen LogP contribution in [0.3, 0.4) is 0 Å². The highest BCUT2D eigenvalue weighted by Gasteiger charge is 2.26. The van der Waals surface area contributed by atoms with Crippen molar-refractivity contribution in [2.24, 2.45) is 5.73 Å². The molecular formula is C11H17N3S. The Morgan fingerprint density at radius 3 is 2.73 bits per heavy atom. The smallest absolute Gasteiger partial charge is 0.117 e. The van der Waals surface area contributed by atoms with Crippen LogP contribution in [0.25, 0.3) is 0 Å². The number of rotatable bonds is 3. The van der Waals surface area contributed by atoms with Gasteiger partial charge in [-0.3, -0.25) is 0 Å². The minimum absolute atomic E-state index is 0.0516. The fourth-order valence-electron chi connectivity index (χ4n) is 1.77. The molecular weight excluding hydrogens is 206 g/mol. The van der Waals surface area contributed by atoms with Gasteiger partial charge in [0.15, 0.2) is 0 Å².